The summed E-state index contributed by atoms with van der Waals surface area (Å²) in [4.78, 5) is 14.2. The van der Waals surface area contributed by atoms with Crippen molar-refractivity contribution >= 4 is 12.0 Å². The molecule has 11 heteroatoms. The van der Waals surface area contributed by atoms with Crippen LogP contribution in [0.4, 0.5) is 0 Å². The summed E-state index contributed by atoms with van der Waals surface area (Å²) in [7, 11) is 2.89. The van der Waals surface area contributed by atoms with Crippen molar-refractivity contribution in [1.29, 1.82) is 0 Å². The zero-order chi connectivity index (χ0) is 27.6. The quantitative estimate of drug-likeness (QED) is 0.281. The van der Waals surface area contributed by atoms with E-state index >= 15 is 0 Å². The van der Waals surface area contributed by atoms with Gasteiger partial charge in [0.05, 0.1) is 38.4 Å². The van der Waals surface area contributed by atoms with Crippen molar-refractivity contribution in [2.75, 3.05) is 20.8 Å². The lowest BCUT2D eigenvalue weighted by molar-refractivity contribution is -0.122. The fourth-order valence-electron chi connectivity index (χ4n) is 6.09. The smallest absolute Gasteiger partial charge is 0.236 e. The van der Waals surface area contributed by atoms with Gasteiger partial charge in [-0.2, -0.15) is 0 Å². The van der Waals surface area contributed by atoms with Crippen molar-refractivity contribution in [3.05, 3.63) is 45.1 Å². The Hall–Kier alpha value is -3.67. The van der Waals surface area contributed by atoms with Crippen LogP contribution in [-0.2, 0) is 11.2 Å². The number of hydrogen-bond donors (Lipinski definition) is 7. The molecule has 204 valence electrons. The van der Waals surface area contributed by atoms with Crippen LogP contribution in [0, 0.1) is 13.8 Å². The van der Waals surface area contributed by atoms with Crippen LogP contribution in [0.3, 0.4) is 0 Å². The molecule has 5 atom stereocenters. The van der Waals surface area contributed by atoms with Crippen LogP contribution in [0.5, 0.6) is 28.7 Å². The summed E-state index contributed by atoms with van der Waals surface area (Å²) >= 11 is 0. The topological polar surface area (TPSA) is 170 Å². The number of phenolic OH excluding ortho intramolecular Hbond substituents is 3. The molecule has 8 N–H and O–H groups in total. The molecular formula is C27H34N4O7. The average Bonchev–Trinajstić information content (AvgIpc) is 2.88. The highest BCUT2D eigenvalue weighted by Crippen LogP contribution is 2.55. The van der Waals surface area contributed by atoms with Crippen LogP contribution in [0.1, 0.15) is 52.4 Å². The molecule has 1 amide bonds. The fraction of sp³-hybridized carbons (Fsp3) is 0.444. The Morgan fingerprint density at radius 2 is 1.82 bits per heavy atom. The molecule has 38 heavy (non-hydrogen) atoms. The number of aryl methyl sites for hydroxylation is 1. The Labute approximate surface area is 220 Å². The molecule has 2 aromatic rings. The van der Waals surface area contributed by atoms with E-state index in [4.69, 9.17) is 15.2 Å². The summed E-state index contributed by atoms with van der Waals surface area (Å²) in [6.45, 7) is 5.02. The number of methoxy groups -OCH3 is 2. The van der Waals surface area contributed by atoms with Gasteiger partial charge in [0.1, 0.15) is 12.0 Å². The molecule has 1 fully saturated rings. The molecule has 0 spiro atoms. The minimum atomic E-state index is -1.06. The Balaban J connectivity index is 1.75. The van der Waals surface area contributed by atoms with Crippen molar-refractivity contribution in [2.24, 2.45) is 5.73 Å². The largest absolute Gasteiger partial charge is 0.507 e. The number of fused-ring (bicyclic) bond motifs is 7. The molecule has 2 aromatic carbocycles. The van der Waals surface area contributed by atoms with E-state index in [1.54, 1.807) is 24.8 Å². The number of aromatic hydroxyl groups is 3. The maximum atomic E-state index is 12.4. The number of hydrogen-bond acceptors (Lipinski definition) is 10. The number of piperazine rings is 1. The molecule has 5 rings (SSSR count). The molecule has 0 aliphatic carbocycles. The van der Waals surface area contributed by atoms with E-state index in [2.05, 4.69) is 10.6 Å². The first-order valence-corrected chi connectivity index (χ1v) is 12.5. The van der Waals surface area contributed by atoms with Gasteiger partial charge in [-0.15, -0.1) is 0 Å². The van der Waals surface area contributed by atoms with E-state index in [-0.39, 0.29) is 29.5 Å². The predicted octanol–water partition coefficient (Wildman–Crippen LogP) is 1.19. The molecule has 0 radical (unpaired) electrons. The van der Waals surface area contributed by atoms with Gasteiger partial charge in [0.25, 0.3) is 0 Å². The minimum Gasteiger partial charge on any atom is -0.507 e. The predicted molar refractivity (Wildman–Crippen MR) is 139 cm³/mol. The third-order valence-electron chi connectivity index (χ3n) is 7.88. The molecular weight excluding hydrogens is 492 g/mol. The highest BCUT2D eigenvalue weighted by atomic mass is 16.5. The second-order valence-electron chi connectivity index (χ2n) is 10.2. The molecule has 0 saturated carbocycles. The van der Waals surface area contributed by atoms with E-state index in [1.807, 2.05) is 13.0 Å². The SMILES string of the molecule is COc1c(C)cc2c(c1O)C1NC(C2)[C@H](O)N2C1=Cc1c(O)c(C)c(OC)c(O)c1C2CNC(=O)C(C)N. The van der Waals surface area contributed by atoms with Gasteiger partial charge in [-0.05, 0) is 44.4 Å². The maximum absolute atomic E-state index is 12.4. The number of nitrogens with one attached hydrogen (secondary N) is 2. The molecule has 3 aliphatic heterocycles. The second-order valence-corrected chi connectivity index (χ2v) is 10.2. The monoisotopic (exact) mass is 526 g/mol. The summed E-state index contributed by atoms with van der Waals surface area (Å²) in [6.07, 6.45) is 1.06. The Morgan fingerprint density at radius 1 is 1.16 bits per heavy atom. The number of phenols is 3. The molecule has 3 heterocycles. The first-order chi connectivity index (χ1) is 18.0. The number of rotatable bonds is 5. The summed E-state index contributed by atoms with van der Waals surface area (Å²) in [6, 6.07) is -0.591. The highest BCUT2D eigenvalue weighted by molar-refractivity contribution is 5.81. The lowest BCUT2D eigenvalue weighted by Gasteiger charge is -2.54. The van der Waals surface area contributed by atoms with Crippen LogP contribution in [0.25, 0.3) is 6.08 Å². The zero-order valence-corrected chi connectivity index (χ0v) is 22.0. The lowest BCUT2D eigenvalue weighted by atomic mass is 9.78. The van der Waals surface area contributed by atoms with Gasteiger partial charge in [0, 0.05) is 34.5 Å². The first kappa shape index (κ1) is 26.0. The zero-order valence-electron chi connectivity index (χ0n) is 22.0. The molecule has 1 saturated heterocycles. The number of amides is 1. The first-order valence-electron chi connectivity index (χ1n) is 12.5. The Bertz CT molecular complexity index is 1360. The normalized spacial score (nSPS) is 24.0. The average molecular weight is 527 g/mol. The van der Waals surface area contributed by atoms with Crippen LogP contribution < -0.4 is 25.8 Å². The Kier molecular flexibility index (Phi) is 6.33. The number of aliphatic hydroxyl groups excluding tert-OH is 1. The number of nitrogens with zero attached hydrogens (tertiary/aromatic N) is 1. The third-order valence-corrected chi connectivity index (χ3v) is 7.88. The van der Waals surface area contributed by atoms with E-state index in [0.29, 0.717) is 40.1 Å². The van der Waals surface area contributed by atoms with Crippen molar-refractivity contribution in [3.63, 3.8) is 0 Å². The van der Waals surface area contributed by atoms with Gasteiger partial charge in [0.15, 0.2) is 23.0 Å². The van der Waals surface area contributed by atoms with Gasteiger partial charge in [-0.25, -0.2) is 0 Å². The number of aliphatic hydroxyl groups is 1. The standard InChI is InChI=1S/C27H34N4O7/c1-10-6-13-7-15-27(36)31-16(20(30-15)18(13)22(33)24(10)37-4)8-14-19(17(31)9-29-26(35)12(3)28)23(34)25(38-5)11(2)21(14)32/h6,8,12,15,17,20,27,30,32-34,36H,7,9,28H2,1-5H3,(H,29,35)/t12?,15?,17?,20?,27-/m0/s1. The second kappa shape index (κ2) is 9.26. The van der Waals surface area contributed by atoms with Crippen LogP contribution in [-0.4, -0.2) is 70.3 Å². The molecule has 11 nitrogen and oxygen atoms in total. The highest BCUT2D eigenvalue weighted by Gasteiger charge is 2.49. The number of nitrogens with two attached hydrogens (primary N) is 1. The van der Waals surface area contributed by atoms with Gasteiger partial charge in [0.2, 0.25) is 5.91 Å². The summed E-state index contributed by atoms with van der Waals surface area (Å²) in [5, 5.41) is 51.6. The van der Waals surface area contributed by atoms with Gasteiger partial charge in [-0.1, -0.05) is 6.07 Å². The number of benzene rings is 2. The van der Waals surface area contributed by atoms with Crippen molar-refractivity contribution < 1.29 is 34.7 Å². The summed E-state index contributed by atoms with van der Waals surface area (Å²) in [5.74, 6) is -0.220. The van der Waals surface area contributed by atoms with Crippen molar-refractivity contribution in [2.45, 2.75) is 57.6 Å². The molecule has 3 aliphatic rings. The summed E-state index contributed by atoms with van der Waals surface area (Å²) < 4.78 is 10.9. The van der Waals surface area contributed by atoms with E-state index < -0.39 is 36.3 Å². The summed E-state index contributed by atoms with van der Waals surface area (Å²) in [5.41, 5.74) is 9.58. The van der Waals surface area contributed by atoms with E-state index in [9.17, 15) is 25.2 Å². The maximum Gasteiger partial charge on any atom is 0.236 e. The fourth-order valence-corrected chi connectivity index (χ4v) is 6.09. The van der Waals surface area contributed by atoms with Gasteiger partial charge < -0.3 is 45.9 Å². The molecule has 0 aromatic heterocycles. The third kappa shape index (κ3) is 3.64. The van der Waals surface area contributed by atoms with E-state index in [0.717, 1.165) is 11.1 Å². The van der Waals surface area contributed by atoms with Gasteiger partial charge >= 0.3 is 0 Å². The van der Waals surface area contributed by atoms with Crippen molar-refractivity contribution in [1.82, 2.24) is 15.5 Å². The molecule has 4 unspecified atom stereocenters. The number of carbonyl (C=O) groups excluding carboxylic acids is 1. The molecule has 2 bridgehead atoms. The van der Waals surface area contributed by atoms with E-state index in [1.165, 1.54) is 14.2 Å². The van der Waals surface area contributed by atoms with Crippen LogP contribution in [0.2, 0.25) is 0 Å². The minimum absolute atomic E-state index is 0.00118. The Morgan fingerprint density at radius 3 is 2.45 bits per heavy atom. The van der Waals surface area contributed by atoms with Gasteiger partial charge in [-0.3, -0.25) is 10.1 Å². The van der Waals surface area contributed by atoms with Crippen LogP contribution in [0.15, 0.2) is 11.8 Å². The lowest BCUT2D eigenvalue weighted by Crippen LogP contribution is -2.62. The van der Waals surface area contributed by atoms with Crippen molar-refractivity contribution in [3.8, 4) is 28.7 Å². The number of carbonyl (C=O) groups is 1. The number of ether oxygens (including phenoxy) is 2. The van der Waals surface area contributed by atoms with Crippen LogP contribution >= 0.6 is 0 Å².